The number of carbonyl (C=O) groups excluding carboxylic acids is 1. The van der Waals surface area contributed by atoms with Crippen LogP contribution in [0.25, 0.3) is 0 Å². The van der Waals surface area contributed by atoms with Crippen LogP contribution in [0.1, 0.15) is 258 Å². The summed E-state index contributed by atoms with van der Waals surface area (Å²) < 4.78 is 11.3. The van der Waals surface area contributed by atoms with Gasteiger partial charge in [-0.15, -0.1) is 0 Å². The summed E-state index contributed by atoms with van der Waals surface area (Å²) >= 11 is 0. The predicted molar refractivity (Wildman–Crippen MR) is 281 cm³/mol. The molecule has 0 saturated carbocycles. The molecule has 6 N–H and O–H groups in total. The Bertz CT molecular complexity index is 1190. The molecule has 67 heavy (non-hydrogen) atoms. The van der Waals surface area contributed by atoms with Crippen LogP contribution >= 0.6 is 0 Å². The Morgan fingerprint density at radius 3 is 1.37 bits per heavy atom. The highest BCUT2D eigenvalue weighted by Gasteiger charge is 2.44. The van der Waals surface area contributed by atoms with E-state index in [-0.39, 0.29) is 12.5 Å². The number of nitrogens with one attached hydrogen (secondary N) is 1. The number of carbonyl (C=O) groups is 1. The van der Waals surface area contributed by atoms with Crippen molar-refractivity contribution in [3.63, 3.8) is 0 Å². The number of hydrogen-bond donors (Lipinski definition) is 6. The number of aliphatic hydroxyl groups is 5. The van der Waals surface area contributed by atoms with E-state index < -0.39 is 49.5 Å². The second-order valence-electron chi connectivity index (χ2n) is 19.7. The number of amides is 1. The Labute approximate surface area is 412 Å². The van der Waals surface area contributed by atoms with E-state index in [9.17, 15) is 30.3 Å². The average Bonchev–Trinajstić information content (AvgIpc) is 3.33. The third kappa shape index (κ3) is 37.6. The summed E-state index contributed by atoms with van der Waals surface area (Å²) in [5.74, 6) is -0.143. The molecular weight excluding hydrogens is 839 g/mol. The molecule has 1 amide bonds. The lowest BCUT2D eigenvalue weighted by molar-refractivity contribution is -0.302. The van der Waals surface area contributed by atoms with Crippen molar-refractivity contribution in [2.45, 2.75) is 301 Å². The maximum Gasteiger partial charge on any atom is 0.220 e. The van der Waals surface area contributed by atoms with Crippen LogP contribution in [-0.2, 0) is 14.3 Å². The van der Waals surface area contributed by atoms with E-state index in [1.54, 1.807) is 0 Å². The molecule has 0 aromatic carbocycles. The van der Waals surface area contributed by atoms with E-state index in [4.69, 9.17) is 9.47 Å². The van der Waals surface area contributed by atoms with Gasteiger partial charge in [-0.05, 0) is 51.4 Å². The molecule has 7 unspecified atom stereocenters. The smallest absolute Gasteiger partial charge is 0.220 e. The first kappa shape index (κ1) is 63.2. The van der Waals surface area contributed by atoms with E-state index in [1.165, 1.54) is 167 Å². The van der Waals surface area contributed by atoms with Crippen molar-refractivity contribution in [3.05, 3.63) is 48.6 Å². The van der Waals surface area contributed by atoms with E-state index >= 15 is 0 Å². The van der Waals surface area contributed by atoms with Crippen LogP contribution in [0.5, 0.6) is 0 Å². The van der Waals surface area contributed by atoms with Crippen LogP contribution in [0.2, 0.25) is 0 Å². The zero-order chi connectivity index (χ0) is 48.7. The lowest BCUT2D eigenvalue weighted by atomic mass is 9.99. The van der Waals surface area contributed by atoms with Gasteiger partial charge in [-0.25, -0.2) is 0 Å². The minimum atomic E-state index is -1.55. The van der Waals surface area contributed by atoms with Crippen LogP contribution in [0, 0.1) is 0 Å². The molecule has 0 aliphatic carbocycles. The number of aliphatic hydroxyl groups excluding tert-OH is 5. The van der Waals surface area contributed by atoms with Crippen molar-refractivity contribution >= 4 is 5.91 Å². The van der Waals surface area contributed by atoms with Gasteiger partial charge in [0.1, 0.15) is 24.4 Å². The van der Waals surface area contributed by atoms with E-state index in [1.807, 2.05) is 0 Å². The maximum absolute atomic E-state index is 13.1. The lowest BCUT2D eigenvalue weighted by Gasteiger charge is -2.40. The number of unbranched alkanes of at least 4 members (excludes halogenated alkanes) is 30. The average molecular weight is 946 g/mol. The fourth-order valence-corrected chi connectivity index (χ4v) is 8.98. The zero-order valence-corrected chi connectivity index (χ0v) is 43.4. The Kier molecular flexibility index (Phi) is 45.1. The van der Waals surface area contributed by atoms with Crippen molar-refractivity contribution in [2.24, 2.45) is 0 Å². The van der Waals surface area contributed by atoms with Gasteiger partial charge in [0.15, 0.2) is 6.29 Å². The summed E-state index contributed by atoms with van der Waals surface area (Å²) in [4.78, 5) is 13.1. The van der Waals surface area contributed by atoms with Crippen LogP contribution in [0.3, 0.4) is 0 Å². The SMILES string of the molecule is CC/C=C\C/C=C\C/C=C\C/C=C\CCCCCCCCCCCCCCCCCCC(=O)NC(COC1OC(CO)C(O)C(O)C1O)C(O)CCCCCCCCCCCCCCCCC. The Morgan fingerprint density at radius 2 is 0.925 bits per heavy atom. The van der Waals surface area contributed by atoms with Gasteiger partial charge in [0.2, 0.25) is 5.91 Å². The summed E-state index contributed by atoms with van der Waals surface area (Å²) in [7, 11) is 0. The molecule has 392 valence electrons. The van der Waals surface area contributed by atoms with Crippen LogP contribution in [0.4, 0.5) is 0 Å². The van der Waals surface area contributed by atoms with Gasteiger partial charge >= 0.3 is 0 Å². The molecule has 7 atom stereocenters. The van der Waals surface area contributed by atoms with Gasteiger partial charge in [0.05, 0.1) is 25.4 Å². The molecule has 0 aromatic rings. The van der Waals surface area contributed by atoms with Gasteiger partial charge in [-0.2, -0.15) is 0 Å². The maximum atomic E-state index is 13.1. The van der Waals surface area contributed by atoms with Crippen molar-refractivity contribution < 1.29 is 39.8 Å². The molecule has 0 radical (unpaired) electrons. The van der Waals surface area contributed by atoms with Crippen LogP contribution in [-0.4, -0.2) is 87.5 Å². The van der Waals surface area contributed by atoms with E-state index in [0.717, 1.165) is 64.2 Å². The summed E-state index contributed by atoms with van der Waals surface area (Å²) in [6.07, 6.45) is 55.6. The minimum absolute atomic E-state index is 0.136. The Balaban J connectivity index is 2.16. The van der Waals surface area contributed by atoms with Crippen molar-refractivity contribution in [2.75, 3.05) is 13.2 Å². The molecule has 9 nitrogen and oxygen atoms in total. The molecule has 0 aromatic heterocycles. The number of rotatable bonds is 48. The predicted octanol–water partition coefficient (Wildman–Crippen LogP) is 13.7. The third-order valence-corrected chi connectivity index (χ3v) is 13.4. The quantitative estimate of drug-likeness (QED) is 0.0261. The molecule has 1 rings (SSSR count). The van der Waals surface area contributed by atoms with Crippen molar-refractivity contribution in [1.82, 2.24) is 5.32 Å². The number of allylic oxidation sites excluding steroid dienone is 8. The van der Waals surface area contributed by atoms with Crippen molar-refractivity contribution in [1.29, 1.82) is 0 Å². The van der Waals surface area contributed by atoms with Gasteiger partial charge < -0.3 is 40.3 Å². The van der Waals surface area contributed by atoms with E-state index in [0.29, 0.717) is 12.8 Å². The minimum Gasteiger partial charge on any atom is -0.394 e. The third-order valence-electron chi connectivity index (χ3n) is 13.4. The van der Waals surface area contributed by atoms with Crippen LogP contribution < -0.4 is 5.32 Å². The Hall–Kier alpha value is -1.85. The van der Waals surface area contributed by atoms with Crippen LogP contribution in [0.15, 0.2) is 48.6 Å². The molecule has 9 heteroatoms. The summed E-state index contributed by atoms with van der Waals surface area (Å²) in [5, 5.41) is 54.6. The number of hydrogen-bond acceptors (Lipinski definition) is 8. The molecule has 1 aliphatic rings. The summed E-state index contributed by atoms with van der Waals surface area (Å²) in [5.41, 5.74) is 0. The number of ether oxygens (including phenoxy) is 2. The van der Waals surface area contributed by atoms with Gasteiger partial charge in [0, 0.05) is 6.42 Å². The zero-order valence-electron chi connectivity index (χ0n) is 43.4. The second-order valence-corrected chi connectivity index (χ2v) is 19.7. The molecule has 1 aliphatic heterocycles. The monoisotopic (exact) mass is 946 g/mol. The normalized spacial score (nSPS) is 20.0. The van der Waals surface area contributed by atoms with Gasteiger partial charge in [-0.3, -0.25) is 4.79 Å². The lowest BCUT2D eigenvalue weighted by Crippen LogP contribution is -2.60. The topological polar surface area (TPSA) is 149 Å². The summed E-state index contributed by atoms with van der Waals surface area (Å²) in [6.45, 7) is 3.74. The highest BCUT2D eigenvalue weighted by molar-refractivity contribution is 5.76. The first-order valence-electron chi connectivity index (χ1n) is 28.3. The first-order valence-corrected chi connectivity index (χ1v) is 28.3. The Morgan fingerprint density at radius 1 is 0.522 bits per heavy atom. The highest BCUT2D eigenvalue weighted by Crippen LogP contribution is 2.23. The molecular formula is C58H107NO8. The van der Waals surface area contributed by atoms with Gasteiger partial charge in [-0.1, -0.05) is 249 Å². The largest absolute Gasteiger partial charge is 0.394 e. The molecule has 0 spiro atoms. The molecule has 1 saturated heterocycles. The second kappa shape index (κ2) is 47.8. The standard InChI is InChI=1S/C58H107NO8/c1-3-5-7-9-11-13-15-17-19-20-21-22-23-24-25-26-27-28-29-30-31-32-34-36-38-40-42-44-46-48-54(62)59-51(50-66-58-57(65)56(64)55(63)53(49-60)67-58)52(61)47-45-43-41-39-37-35-33-18-16-14-12-10-8-6-4-2/h5,7,11,13,17,19,21-22,51-53,55-58,60-61,63-65H,3-4,6,8-10,12,14-16,18,20,23-50H2,1-2H3,(H,59,62)/b7-5-,13-11-,19-17-,22-21-. The van der Waals surface area contributed by atoms with E-state index in [2.05, 4.69) is 67.8 Å². The molecule has 0 bridgehead atoms. The first-order chi connectivity index (χ1) is 32.8. The summed E-state index contributed by atoms with van der Waals surface area (Å²) in [6, 6.07) is -0.719. The molecule has 1 heterocycles. The molecule has 1 fully saturated rings. The fourth-order valence-electron chi connectivity index (χ4n) is 8.98. The van der Waals surface area contributed by atoms with Crippen molar-refractivity contribution in [3.8, 4) is 0 Å². The van der Waals surface area contributed by atoms with Gasteiger partial charge in [0.25, 0.3) is 0 Å². The fraction of sp³-hybridized carbons (Fsp3) is 0.845. The highest BCUT2D eigenvalue weighted by atomic mass is 16.7.